The van der Waals surface area contributed by atoms with Crippen LogP contribution in [0.15, 0.2) is 41.5 Å². The van der Waals surface area contributed by atoms with Crippen LogP contribution in [0.25, 0.3) is 0 Å². The normalized spacial score (nSPS) is 12.1. The zero-order valence-corrected chi connectivity index (χ0v) is 13.6. The van der Waals surface area contributed by atoms with Crippen molar-refractivity contribution in [2.24, 2.45) is 5.10 Å². The number of anilines is 1. The van der Waals surface area contributed by atoms with Crippen LogP contribution in [0.1, 0.15) is 11.8 Å². The molecule has 1 unspecified atom stereocenters. The molecule has 0 fully saturated rings. The molecule has 120 valence electrons. The predicted molar refractivity (Wildman–Crippen MR) is 91.2 cm³/mol. The first-order valence-electron chi connectivity index (χ1n) is 6.55. The Bertz CT molecular complexity index is 747. The second kappa shape index (κ2) is 7.70. The molecule has 9 heteroatoms. The van der Waals surface area contributed by atoms with Crippen LogP contribution in [0.4, 0.5) is 10.7 Å². The Morgan fingerprint density at radius 2 is 2.22 bits per heavy atom. The highest BCUT2D eigenvalue weighted by Gasteiger charge is 2.12. The molecule has 2 N–H and O–H groups in total. The average molecular weight is 353 g/mol. The summed E-state index contributed by atoms with van der Waals surface area (Å²) >= 11 is 6.85. The summed E-state index contributed by atoms with van der Waals surface area (Å²) in [6, 6.07) is 9.44. The second-order valence-electron chi connectivity index (χ2n) is 4.54. The van der Waals surface area contributed by atoms with Crippen molar-refractivity contribution in [2.45, 2.75) is 13.0 Å². The lowest BCUT2D eigenvalue weighted by Gasteiger charge is -2.13. The Morgan fingerprint density at radius 3 is 2.87 bits per heavy atom. The van der Waals surface area contributed by atoms with E-state index in [1.165, 1.54) is 12.3 Å². The van der Waals surface area contributed by atoms with E-state index in [0.29, 0.717) is 9.90 Å². The van der Waals surface area contributed by atoms with E-state index in [0.717, 1.165) is 17.0 Å². The second-order valence-corrected chi connectivity index (χ2v) is 6.07. The van der Waals surface area contributed by atoms with Crippen molar-refractivity contribution in [3.63, 3.8) is 0 Å². The molecule has 1 atom stereocenters. The highest BCUT2D eigenvalue weighted by molar-refractivity contribution is 7.16. The van der Waals surface area contributed by atoms with Gasteiger partial charge in [0.25, 0.3) is 5.91 Å². The number of nitrogens with one attached hydrogen (secondary N) is 2. The number of nitrogens with zero attached hydrogens (tertiary/aromatic N) is 2. The minimum absolute atomic E-state index is 0.0220. The number of nitro groups is 1. The standard InChI is InChI=1S/C14H13ClN4O3S/c1-9(17-11-4-2-3-10(15)7-11)14(20)18-16-8-12-5-6-13(23-12)19(21)22/h2-9,17H,1H3,(H,18,20)/b16-8+. The summed E-state index contributed by atoms with van der Waals surface area (Å²) in [5.74, 6) is -0.340. The van der Waals surface area contributed by atoms with Gasteiger partial charge in [-0.2, -0.15) is 5.10 Å². The van der Waals surface area contributed by atoms with E-state index in [-0.39, 0.29) is 10.9 Å². The number of hydrogen-bond acceptors (Lipinski definition) is 6. The molecular weight excluding hydrogens is 340 g/mol. The molecular formula is C14H13ClN4O3S. The predicted octanol–water partition coefficient (Wildman–Crippen LogP) is 3.26. The minimum Gasteiger partial charge on any atom is -0.374 e. The molecule has 2 rings (SSSR count). The van der Waals surface area contributed by atoms with E-state index < -0.39 is 11.0 Å². The van der Waals surface area contributed by atoms with Crippen LogP contribution in [0.2, 0.25) is 5.02 Å². The van der Waals surface area contributed by atoms with Gasteiger partial charge in [0.05, 0.1) is 16.0 Å². The summed E-state index contributed by atoms with van der Waals surface area (Å²) < 4.78 is 0. The highest BCUT2D eigenvalue weighted by atomic mass is 35.5. The third-order valence-corrected chi connectivity index (χ3v) is 3.97. The number of halogens is 1. The molecule has 0 spiro atoms. The fraction of sp³-hybridized carbons (Fsp3) is 0.143. The SMILES string of the molecule is CC(Nc1cccc(Cl)c1)C(=O)N/N=C/c1ccc([N+](=O)[O-])s1. The first kappa shape index (κ1) is 16.9. The van der Waals surface area contributed by atoms with E-state index in [2.05, 4.69) is 15.8 Å². The molecule has 7 nitrogen and oxygen atoms in total. The lowest BCUT2D eigenvalue weighted by molar-refractivity contribution is -0.380. The topological polar surface area (TPSA) is 96.6 Å². The fourth-order valence-corrected chi connectivity index (χ4v) is 2.54. The summed E-state index contributed by atoms with van der Waals surface area (Å²) in [6.45, 7) is 1.68. The third kappa shape index (κ3) is 5.04. The van der Waals surface area contributed by atoms with E-state index >= 15 is 0 Å². The molecule has 23 heavy (non-hydrogen) atoms. The van der Waals surface area contributed by atoms with Crippen molar-refractivity contribution in [2.75, 3.05) is 5.32 Å². The largest absolute Gasteiger partial charge is 0.374 e. The Hall–Kier alpha value is -2.45. The van der Waals surface area contributed by atoms with Crippen LogP contribution in [-0.2, 0) is 4.79 Å². The van der Waals surface area contributed by atoms with Gasteiger partial charge in [0.1, 0.15) is 6.04 Å². The lowest BCUT2D eigenvalue weighted by atomic mass is 10.2. The number of hydrogen-bond donors (Lipinski definition) is 2. The van der Waals surface area contributed by atoms with Crippen molar-refractivity contribution in [3.8, 4) is 0 Å². The summed E-state index contributed by atoms with van der Waals surface area (Å²) in [5, 5.41) is 17.9. The van der Waals surface area contributed by atoms with Gasteiger partial charge in [-0.25, -0.2) is 5.43 Å². The molecule has 1 aromatic heterocycles. The molecule has 0 aliphatic rings. The molecule has 1 aromatic carbocycles. The van der Waals surface area contributed by atoms with Crippen molar-refractivity contribution in [1.82, 2.24) is 5.43 Å². The van der Waals surface area contributed by atoms with Gasteiger partial charge in [-0.15, -0.1) is 0 Å². The van der Waals surface area contributed by atoms with Crippen molar-refractivity contribution in [3.05, 3.63) is 56.4 Å². The molecule has 1 amide bonds. The average Bonchev–Trinajstić information content (AvgIpc) is 2.96. The summed E-state index contributed by atoms with van der Waals surface area (Å²) in [6.07, 6.45) is 1.36. The zero-order valence-electron chi connectivity index (χ0n) is 12.0. The molecule has 0 saturated carbocycles. The number of rotatable bonds is 6. The Balaban J connectivity index is 1.88. The molecule has 0 aliphatic heterocycles. The smallest absolute Gasteiger partial charge is 0.324 e. The van der Waals surface area contributed by atoms with Crippen LogP contribution in [0.3, 0.4) is 0 Å². The fourth-order valence-electron chi connectivity index (χ4n) is 1.66. The number of benzene rings is 1. The van der Waals surface area contributed by atoms with E-state index in [1.54, 1.807) is 37.3 Å². The van der Waals surface area contributed by atoms with Gasteiger partial charge in [0, 0.05) is 16.8 Å². The van der Waals surface area contributed by atoms with Gasteiger partial charge >= 0.3 is 5.00 Å². The van der Waals surface area contributed by atoms with Crippen molar-refractivity contribution < 1.29 is 9.72 Å². The number of carbonyl (C=O) groups is 1. The Kier molecular flexibility index (Phi) is 5.67. The minimum atomic E-state index is -0.525. The quantitative estimate of drug-likeness (QED) is 0.473. The van der Waals surface area contributed by atoms with Crippen LogP contribution in [0.5, 0.6) is 0 Å². The number of amides is 1. The monoisotopic (exact) mass is 352 g/mol. The highest BCUT2D eigenvalue weighted by Crippen LogP contribution is 2.22. The van der Waals surface area contributed by atoms with Gasteiger partial charge < -0.3 is 5.32 Å². The van der Waals surface area contributed by atoms with Crippen molar-refractivity contribution >= 4 is 45.7 Å². The van der Waals surface area contributed by atoms with Crippen LogP contribution in [-0.4, -0.2) is 23.1 Å². The Morgan fingerprint density at radius 1 is 1.43 bits per heavy atom. The molecule has 1 heterocycles. The molecule has 0 aliphatic carbocycles. The first-order valence-corrected chi connectivity index (χ1v) is 7.74. The Labute approximate surface area is 141 Å². The van der Waals surface area contributed by atoms with Gasteiger partial charge in [-0.05, 0) is 31.2 Å². The maximum atomic E-state index is 11.9. The van der Waals surface area contributed by atoms with E-state index in [4.69, 9.17) is 11.6 Å². The first-order chi connectivity index (χ1) is 11.0. The molecule has 0 bridgehead atoms. The maximum absolute atomic E-state index is 11.9. The number of thiophene rings is 1. The van der Waals surface area contributed by atoms with Crippen LogP contribution < -0.4 is 10.7 Å². The maximum Gasteiger partial charge on any atom is 0.324 e. The van der Waals surface area contributed by atoms with Crippen LogP contribution >= 0.6 is 22.9 Å². The summed E-state index contributed by atoms with van der Waals surface area (Å²) in [4.78, 5) is 22.6. The third-order valence-electron chi connectivity index (χ3n) is 2.76. The molecule has 2 aromatic rings. The van der Waals surface area contributed by atoms with Gasteiger partial charge in [0.15, 0.2) is 0 Å². The summed E-state index contributed by atoms with van der Waals surface area (Å²) in [5.41, 5.74) is 3.10. The van der Waals surface area contributed by atoms with Gasteiger partial charge in [0.2, 0.25) is 0 Å². The van der Waals surface area contributed by atoms with E-state index in [9.17, 15) is 14.9 Å². The summed E-state index contributed by atoms with van der Waals surface area (Å²) in [7, 11) is 0. The van der Waals surface area contributed by atoms with Crippen molar-refractivity contribution in [1.29, 1.82) is 0 Å². The van der Waals surface area contributed by atoms with Gasteiger partial charge in [-0.3, -0.25) is 14.9 Å². The van der Waals surface area contributed by atoms with Gasteiger partial charge in [-0.1, -0.05) is 29.0 Å². The number of hydrazone groups is 1. The van der Waals surface area contributed by atoms with E-state index in [1.807, 2.05) is 0 Å². The van der Waals surface area contributed by atoms with Crippen LogP contribution in [0, 0.1) is 10.1 Å². The molecule has 0 radical (unpaired) electrons. The molecule has 0 saturated heterocycles. The lowest BCUT2D eigenvalue weighted by Crippen LogP contribution is -2.34. The number of carbonyl (C=O) groups excluding carboxylic acids is 1. The zero-order chi connectivity index (χ0) is 16.8.